The molecule has 1 aliphatic heterocycles. The molecule has 0 atom stereocenters. The molecule has 1 aromatic heterocycles. The number of aliphatic hydroxyl groups is 1. The molecule has 0 bridgehead atoms. The van der Waals surface area contributed by atoms with Gasteiger partial charge in [0.05, 0.1) is 18.4 Å². The van der Waals surface area contributed by atoms with Gasteiger partial charge in [-0.15, -0.1) is 0 Å². The Morgan fingerprint density at radius 3 is 2.88 bits per heavy atom. The Morgan fingerprint density at radius 1 is 1.50 bits per heavy atom. The fourth-order valence-electron chi connectivity index (χ4n) is 2.10. The first-order valence-corrected chi connectivity index (χ1v) is 5.67. The second-order valence-corrected chi connectivity index (χ2v) is 4.09. The molecule has 16 heavy (non-hydrogen) atoms. The number of pyridine rings is 1. The van der Waals surface area contributed by atoms with Gasteiger partial charge < -0.3 is 14.7 Å². The highest BCUT2D eigenvalue weighted by Crippen LogP contribution is 2.21. The Hall–Kier alpha value is -1.13. The standard InChI is InChI=1S/C12H18N2O2/c1-16-12-3-6-14(7-4-12)11-2-5-13-10(8-11)9-15/h2,5,8,12,15H,3-4,6-7,9H2,1H3. The van der Waals surface area contributed by atoms with Gasteiger partial charge in [0.25, 0.3) is 0 Å². The van der Waals surface area contributed by atoms with Gasteiger partial charge in [-0.25, -0.2) is 0 Å². The minimum atomic E-state index is 0.00236. The van der Waals surface area contributed by atoms with Gasteiger partial charge in [-0.2, -0.15) is 0 Å². The Labute approximate surface area is 95.9 Å². The van der Waals surface area contributed by atoms with Crippen LogP contribution in [0.1, 0.15) is 18.5 Å². The molecule has 1 saturated heterocycles. The number of hydrogen-bond donors (Lipinski definition) is 1. The van der Waals surface area contributed by atoms with Gasteiger partial charge in [0.2, 0.25) is 0 Å². The summed E-state index contributed by atoms with van der Waals surface area (Å²) < 4.78 is 5.34. The smallest absolute Gasteiger partial charge is 0.0853 e. The molecule has 88 valence electrons. The summed E-state index contributed by atoms with van der Waals surface area (Å²) in [7, 11) is 1.77. The fourth-order valence-corrected chi connectivity index (χ4v) is 2.10. The lowest BCUT2D eigenvalue weighted by atomic mass is 10.1. The molecule has 0 amide bonds. The summed E-state index contributed by atoms with van der Waals surface area (Å²) in [5.74, 6) is 0. The quantitative estimate of drug-likeness (QED) is 0.834. The highest BCUT2D eigenvalue weighted by Gasteiger charge is 2.18. The molecule has 2 heterocycles. The molecule has 0 aliphatic carbocycles. The monoisotopic (exact) mass is 222 g/mol. The number of nitrogens with zero attached hydrogens (tertiary/aromatic N) is 2. The highest BCUT2D eigenvalue weighted by atomic mass is 16.5. The van der Waals surface area contributed by atoms with Gasteiger partial charge in [-0.3, -0.25) is 4.98 Å². The maximum atomic E-state index is 9.04. The maximum Gasteiger partial charge on any atom is 0.0853 e. The largest absolute Gasteiger partial charge is 0.390 e. The van der Waals surface area contributed by atoms with E-state index in [4.69, 9.17) is 9.84 Å². The van der Waals surface area contributed by atoms with Crippen LogP contribution in [0.15, 0.2) is 18.3 Å². The van der Waals surface area contributed by atoms with Gasteiger partial charge >= 0.3 is 0 Å². The van der Waals surface area contributed by atoms with Crippen LogP contribution >= 0.6 is 0 Å². The Bertz CT molecular complexity index is 336. The van der Waals surface area contributed by atoms with Crippen LogP contribution in [0.5, 0.6) is 0 Å². The van der Waals surface area contributed by atoms with E-state index < -0.39 is 0 Å². The number of anilines is 1. The number of aliphatic hydroxyl groups excluding tert-OH is 1. The topological polar surface area (TPSA) is 45.6 Å². The summed E-state index contributed by atoms with van der Waals surface area (Å²) in [4.78, 5) is 6.40. The van der Waals surface area contributed by atoms with Crippen molar-refractivity contribution >= 4 is 5.69 Å². The Morgan fingerprint density at radius 2 is 2.25 bits per heavy atom. The molecule has 1 fully saturated rings. The van der Waals surface area contributed by atoms with Crippen molar-refractivity contribution in [2.45, 2.75) is 25.6 Å². The Kier molecular flexibility index (Phi) is 3.74. The molecule has 0 radical (unpaired) electrons. The van der Waals surface area contributed by atoms with E-state index in [1.165, 1.54) is 0 Å². The van der Waals surface area contributed by atoms with E-state index in [-0.39, 0.29) is 6.61 Å². The molecule has 0 aromatic carbocycles. The zero-order chi connectivity index (χ0) is 11.4. The molecule has 0 spiro atoms. The van der Waals surface area contributed by atoms with Gasteiger partial charge in [0, 0.05) is 32.1 Å². The molecule has 0 saturated carbocycles. The number of hydrogen-bond acceptors (Lipinski definition) is 4. The van der Waals surface area contributed by atoms with Gasteiger partial charge in [0.1, 0.15) is 0 Å². The summed E-state index contributed by atoms with van der Waals surface area (Å²) in [6.45, 7) is 2.02. The Balaban J connectivity index is 2.02. The minimum Gasteiger partial charge on any atom is -0.390 e. The summed E-state index contributed by atoms with van der Waals surface area (Å²) in [6.07, 6.45) is 4.28. The van der Waals surface area contributed by atoms with E-state index in [1.54, 1.807) is 13.3 Å². The maximum absolute atomic E-state index is 9.04. The van der Waals surface area contributed by atoms with Crippen LogP contribution in [0.4, 0.5) is 5.69 Å². The summed E-state index contributed by atoms with van der Waals surface area (Å²) >= 11 is 0. The summed E-state index contributed by atoms with van der Waals surface area (Å²) in [6, 6.07) is 3.94. The lowest BCUT2D eigenvalue weighted by Crippen LogP contribution is -2.36. The van der Waals surface area contributed by atoms with Crippen molar-refractivity contribution in [3.63, 3.8) is 0 Å². The average Bonchev–Trinajstić information content (AvgIpc) is 2.39. The highest BCUT2D eigenvalue weighted by molar-refractivity contribution is 5.46. The number of methoxy groups -OCH3 is 1. The van der Waals surface area contributed by atoms with Crippen molar-refractivity contribution in [3.05, 3.63) is 24.0 Å². The first-order valence-electron chi connectivity index (χ1n) is 5.67. The van der Waals surface area contributed by atoms with Crippen molar-refractivity contribution in [1.82, 2.24) is 4.98 Å². The van der Waals surface area contributed by atoms with E-state index >= 15 is 0 Å². The van der Waals surface area contributed by atoms with Crippen molar-refractivity contribution in [1.29, 1.82) is 0 Å². The second kappa shape index (κ2) is 5.27. The van der Waals surface area contributed by atoms with Crippen LogP contribution in [0.3, 0.4) is 0 Å². The van der Waals surface area contributed by atoms with Crippen LogP contribution in [-0.4, -0.2) is 36.4 Å². The first-order chi connectivity index (χ1) is 7.83. The van der Waals surface area contributed by atoms with Crippen molar-refractivity contribution in [2.24, 2.45) is 0 Å². The molecule has 4 nitrogen and oxygen atoms in total. The molecular formula is C12H18N2O2. The molecule has 4 heteroatoms. The molecule has 1 aromatic rings. The number of ether oxygens (including phenoxy) is 1. The molecule has 2 rings (SSSR count). The lowest BCUT2D eigenvalue weighted by Gasteiger charge is -2.33. The minimum absolute atomic E-state index is 0.00236. The predicted molar refractivity (Wildman–Crippen MR) is 62.4 cm³/mol. The second-order valence-electron chi connectivity index (χ2n) is 4.09. The molecule has 1 aliphatic rings. The van der Waals surface area contributed by atoms with E-state index in [9.17, 15) is 0 Å². The zero-order valence-corrected chi connectivity index (χ0v) is 9.59. The van der Waals surface area contributed by atoms with Crippen LogP contribution in [0.25, 0.3) is 0 Å². The zero-order valence-electron chi connectivity index (χ0n) is 9.59. The SMILES string of the molecule is COC1CCN(c2ccnc(CO)c2)CC1. The fraction of sp³-hybridized carbons (Fsp3) is 0.583. The third-order valence-corrected chi connectivity index (χ3v) is 3.10. The summed E-state index contributed by atoms with van der Waals surface area (Å²) in [5, 5.41) is 9.04. The van der Waals surface area contributed by atoms with E-state index in [1.807, 2.05) is 12.1 Å². The van der Waals surface area contributed by atoms with Crippen LogP contribution in [0.2, 0.25) is 0 Å². The molecule has 0 unspecified atom stereocenters. The molecule has 1 N–H and O–H groups in total. The summed E-state index contributed by atoms with van der Waals surface area (Å²) in [5.41, 5.74) is 1.87. The third-order valence-electron chi connectivity index (χ3n) is 3.10. The number of rotatable bonds is 3. The van der Waals surface area contributed by atoms with Crippen molar-refractivity contribution in [3.8, 4) is 0 Å². The van der Waals surface area contributed by atoms with Gasteiger partial charge in [-0.1, -0.05) is 0 Å². The van der Waals surface area contributed by atoms with Gasteiger partial charge in [-0.05, 0) is 25.0 Å². The van der Waals surface area contributed by atoms with Crippen LogP contribution in [-0.2, 0) is 11.3 Å². The third kappa shape index (κ3) is 2.51. The van der Waals surface area contributed by atoms with E-state index in [2.05, 4.69) is 9.88 Å². The van der Waals surface area contributed by atoms with Crippen molar-refractivity contribution in [2.75, 3.05) is 25.1 Å². The molecular weight excluding hydrogens is 204 g/mol. The van der Waals surface area contributed by atoms with Crippen LogP contribution in [0, 0.1) is 0 Å². The number of piperidine rings is 1. The van der Waals surface area contributed by atoms with Crippen LogP contribution < -0.4 is 4.90 Å². The average molecular weight is 222 g/mol. The normalized spacial score (nSPS) is 17.8. The first kappa shape index (κ1) is 11.4. The lowest BCUT2D eigenvalue weighted by molar-refractivity contribution is 0.0819. The van der Waals surface area contributed by atoms with Gasteiger partial charge in [0.15, 0.2) is 0 Å². The van der Waals surface area contributed by atoms with Crippen molar-refractivity contribution < 1.29 is 9.84 Å². The predicted octanol–water partition coefficient (Wildman–Crippen LogP) is 1.19. The van der Waals surface area contributed by atoms with E-state index in [0.717, 1.165) is 37.3 Å². The number of aromatic nitrogens is 1. The van der Waals surface area contributed by atoms with E-state index in [0.29, 0.717) is 6.10 Å².